The highest BCUT2D eigenvalue weighted by Gasteiger charge is 2.15. The van der Waals surface area contributed by atoms with E-state index in [1.54, 1.807) is 11.3 Å². The molecule has 0 amide bonds. The summed E-state index contributed by atoms with van der Waals surface area (Å²) in [5, 5.41) is 3.34. The molecule has 0 atom stereocenters. The quantitative estimate of drug-likeness (QED) is 0.873. The number of morpholine rings is 1. The molecule has 1 aromatic heterocycles. The summed E-state index contributed by atoms with van der Waals surface area (Å²) in [6.07, 6.45) is 0. The van der Waals surface area contributed by atoms with E-state index in [9.17, 15) is 0 Å². The predicted octanol–water partition coefficient (Wildman–Crippen LogP) is 2.67. The normalized spacial score (nSPS) is 18.9. The molecule has 0 saturated carbocycles. The van der Waals surface area contributed by atoms with Gasteiger partial charge < -0.3 is 9.47 Å². The lowest BCUT2D eigenvalue weighted by Crippen LogP contribution is -2.35. The lowest BCUT2D eigenvalue weighted by Gasteiger charge is -2.25. The van der Waals surface area contributed by atoms with Crippen LogP contribution in [0.3, 0.4) is 0 Å². The van der Waals surface area contributed by atoms with E-state index in [2.05, 4.69) is 28.5 Å². The highest BCUT2D eigenvalue weighted by atomic mass is 32.1. The molecule has 0 unspecified atom stereocenters. The number of rotatable bonds is 3. The van der Waals surface area contributed by atoms with Crippen LogP contribution in [0.4, 0.5) is 0 Å². The maximum absolute atomic E-state index is 5.48. The topological polar surface area (TPSA) is 34.6 Å². The van der Waals surface area contributed by atoms with Crippen molar-refractivity contribution in [3.05, 3.63) is 39.7 Å². The van der Waals surface area contributed by atoms with Crippen LogP contribution in [0.2, 0.25) is 0 Å². The van der Waals surface area contributed by atoms with Gasteiger partial charge in [-0.05, 0) is 17.2 Å². The Hall–Kier alpha value is -1.27. The second kappa shape index (κ2) is 5.85. The summed E-state index contributed by atoms with van der Waals surface area (Å²) in [7, 11) is 0. The third-order valence-corrected chi connectivity index (χ3v) is 4.87. The van der Waals surface area contributed by atoms with Crippen LogP contribution in [0, 0.1) is 0 Å². The van der Waals surface area contributed by atoms with Gasteiger partial charge in [-0.25, -0.2) is 4.98 Å². The average Bonchev–Trinajstić information content (AvgIpc) is 3.16. The largest absolute Gasteiger partial charge is 0.379 e. The fourth-order valence-electron chi connectivity index (χ4n) is 2.80. The van der Waals surface area contributed by atoms with Crippen molar-refractivity contribution in [3.63, 3.8) is 0 Å². The second-order valence-electron chi connectivity index (χ2n) is 5.49. The zero-order valence-electron chi connectivity index (χ0n) is 11.9. The van der Waals surface area contributed by atoms with Gasteiger partial charge in [-0.2, -0.15) is 0 Å². The summed E-state index contributed by atoms with van der Waals surface area (Å²) in [6.45, 7) is 6.09. The molecule has 0 radical (unpaired) electrons. The zero-order valence-corrected chi connectivity index (χ0v) is 12.7. The van der Waals surface area contributed by atoms with Crippen LogP contribution in [0.5, 0.6) is 0 Å². The van der Waals surface area contributed by atoms with Gasteiger partial charge in [-0.15, -0.1) is 11.3 Å². The molecule has 21 heavy (non-hydrogen) atoms. The molecule has 0 N–H and O–H groups in total. The van der Waals surface area contributed by atoms with Gasteiger partial charge in [-0.3, -0.25) is 4.90 Å². The summed E-state index contributed by atoms with van der Waals surface area (Å²) < 4.78 is 10.9. The Morgan fingerprint density at radius 3 is 2.86 bits per heavy atom. The number of thiazole rings is 1. The predicted molar refractivity (Wildman–Crippen MR) is 82.1 cm³/mol. The zero-order chi connectivity index (χ0) is 14.1. The lowest BCUT2D eigenvalue weighted by molar-refractivity contribution is 0.0342. The van der Waals surface area contributed by atoms with Crippen molar-refractivity contribution in [1.29, 1.82) is 0 Å². The van der Waals surface area contributed by atoms with E-state index in [0.29, 0.717) is 0 Å². The molecule has 1 aromatic carbocycles. The van der Waals surface area contributed by atoms with Gasteiger partial charge in [0.2, 0.25) is 0 Å². The molecule has 2 aliphatic rings. The Labute approximate surface area is 128 Å². The molecular formula is C16H18N2O2S. The first-order chi connectivity index (χ1) is 10.4. The highest BCUT2D eigenvalue weighted by Crippen LogP contribution is 2.28. The molecule has 1 saturated heterocycles. The molecule has 0 bridgehead atoms. The lowest BCUT2D eigenvalue weighted by atomic mass is 10.1. The second-order valence-corrected chi connectivity index (χ2v) is 6.43. The number of ether oxygens (including phenoxy) is 2. The number of nitrogens with zero attached hydrogens (tertiary/aromatic N) is 2. The number of fused-ring (bicyclic) bond motifs is 1. The van der Waals surface area contributed by atoms with Crippen LogP contribution >= 0.6 is 11.3 Å². The van der Waals surface area contributed by atoms with Gasteiger partial charge >= 0.3 is 0 Å². The van der Waals surface area contributed by atoms with Gasteiger partial charge in [0.05, 0.1) is 38.7 Å². The van der Waals surface area contributed by atoms with E-state index in [0.717, 1.165) is 51.8 Å². The SMILES string of the molecule is c1cc2c(cc1-c1csc(CN3CCOCC3)n1)COC2. The summed E-state index contributed by atoms with van der Waals surface area (Å²) in [5.41, 5.74) is 4.89. The third-order valence-electron chi connectivity index (χ3n) is 4.03. The van der Waals surface area contributed by atoms with Crippen molar-refractivity contribution >= 4 is 11.3 Å². The number of benzene rings is 1. The summed E-state index contributed by atoms with van der Waals surface area (Å²) in [5.74, 6) is 0. The summed E-state index contributed by atoms with van der Waals surface area (Å²) >= 11 is 1.75. The van der Waals surface area contributed by atoms with E-state index in [1.807, 2.05) is 0 Å². The number of hydrogen-bond acceptors (Lipinski definition) is 5. The van der Waals surface area contributed by atoms with Crippen LogP contribution < -0.4 is 0 Å². The minimum atomic E-state index is 0.730. The molecule has 1 fully saturated rings. The molecule has 0 spiro atoms. The Morgan fingerprint density at radius 2 is 1.95 bits per heavy atom. The Balaban J connectivity index is 1.51. The van der Waals surface area contributed by atoms with Crippen molar-refractivity contribution < 1.29 is 9.47 Å². The monoisotopic (exact) mass is 302 g/mol. The van der Waals surface area contributed by atoms with E-state index >= 15 is 0 Å². The van der Waals surface area contributed by atoms with E-state index in [1.165, 1.54) is 21.7 Å². The molecule has 2 aromatic rings. The molecule has 4 nitrogen and oxygen atoms in total. The molecule has 0 aliphatic carbocycles. The van der Waals surface area contributed by atoms with Crippen LogP contribution in [0.15, 0.2) is 23.6 Å². The van der Waals surface area contributed by atoms with Gasteiger partial charge in [0, 0.05) is 24.0 Å². The molecule has 4 rings (SSSR count). The standard InChI is InChI=1S/C16H18N2O2S/c1-2-13-9-20-10-14(13)7-12(1)15-11-21-16(17-15)8-18-3-5-19-6-4-18/h1-2,7,11H,3-6,8-10H2. The van der Waals surface area contributed by atoms with Crippen molar-refractivity contribution in [2.24, 2.45) is 0 Å². The van der Waals surface area contributed by atoms with Crippen LogP contribution in [-0.4, -0.2) is 36.2 Å². The van der Waals surface area contributed by atoms with E-state index < -0.39 is 0 Å². The van der Waals surface area contributed by atoms with Gasteiger partial charge in [-0.1, -0.05) is 12.1 Å². The first-order valence-corrected chi connectivity index (χ1v) is 8.21. The van der Waals surface area contributed by atoms with Crippen molar-refractivity contribution in [1.82, 2.24) is 9.88 Å². The minimum Gasteiger partial charge on any atom is -0.379 e. The molecule has 2 aliphatic heterocycles. The maximum Gasteiger partial charge on any atom is 0.107 e. The number of hydrogen-bond donors (Lipinski definition) is 0. The van der Waals surface area contributed by atoms with E-state index in [-0.39, 0.29) is 0 Å². The average molecular weight is 302 g/mol. The minimum absolute atomic E-state index is 0.730. The summed E-state index contributed by atoms with van der Waals surface area (Å²) in [6, 6.07) is 6.54. The molecule has 110 valence electrons. The molecule has 3 heterocycles. The summed E-state index contributed by atoms with van der Waals surface area (Å²) in [4.78, 5) is 7.20. The van der Waals surface area contributed by atoms with Crippen LogP contribution in [0.1, 0.15) is 16.1 Å². The first kappa shape index (κ1) is 13.4. The Morgan fingerprint density at radius 1 is 1.10 bits per heavy atom. The number of aromatic nitrogens is 1. The van der Waals surface area contributed by atoms with E-state index in [4.69, 9.17) is 14.5 Å². The maximum atomic E-state index is 5.48. The highest BCUT2D eigenvalue weighted by molar-refractivity contribution is 7.09. The van der Waals surface area contributed by atoms with Crippen molar-refractivity contribution in [2.75, 3.05) is 26.3 Å². The fraction of sp³-hybridized carbons (Fsp3) is 0.438. The van der Waals surface area contributed by atoms with Gasteiger partial charge in [0.25, 0.3) is 0 Å². The van der Waals surface area contributed by atoms with Gasteiger partial charge in [0.1, 0.15) is 5.01 Å². The van der Waals surface area contributed by atoms with Crippen molar-refractivity contribution in [2.45, 2.75) is 19.8 Å². The smallest absolute Gasteiger partial charge is 0.107 e. The fourth-order valence-corrected chi connectivity index (χ4v) is 3.64. The Kier molecular flexibility index (Phi) is 3.73. The third kappa shape index (κ3) is 2.87. The molecular weight excluding hydrogens is 284 g/mol. The van der Waals surface area contributed by atoms with Crippen molar-refractivity contribution in [3.8, 4) is 11.3 Å². The first-order valence-electron chi connectivity index (χ1n) is 7.33. The van der Waals surface area contributed by atoms with Crippen LogP contribution in [0.25, 0.3) is 11.3 Å². The van der Waals surface area contributed by atoms with Crippen LogP contribution in [-0.2, 0) is 29.2 Å². The van der Waals surface area contributed by atoms with Gasteiger partial charge in [0.15, 0.2) is 0 Å². The molecule has 5 heteroatoms. The Bertz CT molecular complexity index is 635.